The highest BCUT2D eigenvalue weighted by molar-refractivity contribution is 9.10. The maximum absolute atomic E-state index is 5.85. The van der Waals surface area contributed by atoms with E-state index in [4.69, 9.17) is 22.1 Å². The molecule has 0 bridgehead atoms. The zero-order chi connectivity index (χ0) is 12.4. The second-order valence-corrected chi connectivity index (χ2v) is 4.79. The van der Waals surface area contributed by atoms with Crippen LogP contribution in [0.5, 0.6) is 11.6 Å². The molecule has 0 unspecified atom stereocenters. The van der Waals surface area contributed by atoms with Crippen molar-refractivity contribution >= 4 is 33.2 Å². The van der Waals surface area contributed by atoms with Crippen LogP contribution in [0.25, 0.3) is 0 Å². The average molecular weight is 314 g/mol. The van der Waals surface area contributed by atoms with Gasteiger partial charge < -0.3 is 10.5 Å². The molecule has 0 atom stereocenters. The van der Waals surface area contributed by atoms with Crippen LogP contribution in [-0.4, -0.2) is 4.98 Å². The van der Waals surface area contributed by atoms with E-state index in [1.807, 2.05) is 6.92 Å². The summed E-state index contributed by atoms with van der Waals surface area (Å²) in [5.74, 6) is 1.16. The molecule has 0 aliphatic rings. The molecule has 1 aromatic heterocycles. The molecule has 0 spiro atoms. The Kier molecular flexibility index (Phi) is 3.54. The first-order valence-electron chi connectivity index (χ1n) is 4.92. The summed E-state index contributed by atoms with van der Waals surface area (Å²) < 4.78 is 6.41. The predicted molar refractivity (Wildman–Crippen MR) is 72.6 cm³/mol. The van der Waals surface area contributed by atoms with Crippen molar-refractivity contribution in [1.82, 2.24) is 4.98 Å². The molecule has 1 aromatic carbocycles. The molecule has 0 fully saturated rings. The fourth-order valence-corrected chi connectivity index (χ4v) is 2.04. The minimum Gasteiger partial charge on any atom is -0.438 e. The molecule has 1 heterocycles. The molecule has 0 amide bonds. The van der Waals surface area contributed by atoms with E-state index in [-0.39, 0.29) is 0 Å². The number of ether oxygens (including phenoxy) is 1. The van der Waals surface area contributed by atoms with Crippen LogP contribution in [0.1, 0.15) is 5.69 Å². The third-order valence-corrected chi connectivity index (χ3v) is 3.06. The van der Waals surface area contributed by atoms with Crippen LogP contribution in [0.2, 0.25) is 5.02 Å². The number of aryl methyl sites for hydroxylation is 1. The second kappa shape index (κ2) is 4.94. The number of anilines is 1. The minimum absolute atomic E-state index is 0.500. The first-order chi connectivity index (χ1) is 8.06. The molecular formula is C12H10BrClN2O. The molecule has 5 heteroatoms. The van der Waals surface area contributed by atoms with Gasteiger partial charge in [0.15, 0.2) is 0 Å². The summed E-state index contributed by atoms with van der Waals surface area (Å²) in [6.07, 6.45) is 0. The molecule has 88 valence electrons. The van der Waals surface area contributed by atoms with Crippen LogP contribution < -0.4 is 10.5 Å². The molecular weight excluding hydrogens is 304 g/mol. The van der Waals surface area contributed by atoms with Crippen LogP contribution >= 0.6 is 27.5 Å². The Hall–Kier alpha value is -1.26. The molecule has 0 saturated heterocycles. The number of hydrogen-bond acceptors (Lipinski definition) is 3. The summed E-state index contributed by atoms with van der Waals surface area (Å²) in [5.41, 5.74) is 7.08. The quantitative estimate of drug-likeness (QED) is 0.904. The zero-order valence-electron chi connectivity index (χ0n) is 9.08. The van der Waals surface area contributed by atoms with Gasteiger partial charge in [-0.15, -0.1) is 0 Å². The lowest BCUT2D eigenvalue weighted by atomic mass is 10.3. The van der Waals surface area contributed by atoms with E-state index in [9.17, 15) is 0 Å². The number of nitrogens with zero attached hydrogens (tertiary/aromatic N) is 1. The predicted octanol–water partition coefficient (Wildman–Crippen LogP) is 4.18. The highest BCUT2D eigenvalue weighted by Crippen LogP contribution is 2.31. The Morgan fingerprint density at radius 3 is 2.71 bits per heavy atom. The number of nitrogens with two attached hydrogens (primary N) is 1. The van der Waals surface area contributed by atoms with Crippen LogP contribution in [0, 0.1) is 6.92 Å². The Balaban J connectivity index is 2.28. The van der Waals surface area contributed by atoms with Gasteiger partial charge in [-0.3, -0.25) is 0 Å². The zero-order valence-corrected chi connectivity index (χ0v) is 11.4. The van der Waals surface area contributed by atoms with Crippen LogP contribution in [0.15, 0.2) is 34.8 Å². The summed E-state index contributed by atoms with van der Waals surface area (Å²) in [7, 11) is 0. The third kappa shape index (κ3) is 2.90. The largest absolute Gasteiger partial charge is 0.438 e. The smallest absolute Gasteiger partial charge is 0.219 e. The first-order valence-corrected chi connectivity index (χ1v) is 6.09. The standard InChI is InChI=1S/C12H10BrClN2O/c1-7-10(15)3-5-12(16-7)17-11-4-2-8(14)6-9(11)13/h2-6H,15H2,1H3. The molecule has 17 heavy (non-hydrogen) atoms. The molecule has 3 nitrogen and oxygen atoms in total. The van der Waals surface area contributed by atoms with E-state index in [2.05, 4.69) is 20.9 Å². The highest BCUT2D eigenvalue weighted by Gasteiger charge is 2.05. The number of aromatic nitrogens is 1. The lowest BCUT2D eigenvalue weighted by Crippen LogP contribution is -1.95. The highest BCUT2D eigenvalue weighted by atomic mass is 79.9. The monoisotopic (exact) mass is 312 g/mol. The van der Waals surface area contributed by atoms with Crippen molar-refractivity contribution in [3.63, 3.8) is 0 Å². The van der Waals surface area contributed by atoms with Crippen LogP contribution in [-0.2, 0) is 0 Å². The topological polar surface area (TPSA) is 48.1 Å². The van der Waals surface area contributed by atoms with Crippen molar-refractivity contribution in [1.29, 1.82) is 0 Å². The fraction of sp³-hybridized carbons (Fsp3) is 0.0833. The van der Waals surface area contributed by atoms with Crippen molar-refractivity contribution in [3.8, 4) is 11.6 Å². The molecule has 0 radical (unpaired) electrons. The lowest BCUT2D eigenvalue weighted by molar-refractivity contribution is 0.459. The molecule has 0 aliphatic carbocycles. The van der Waals surface area contributed by atoms with E-state index in [1.165, 1.54) is 0 Å². The first kappa shape index (κ1) is 12.2. The van der Waals surface area contributed by atoms with Crippen LogP contribution in [0.3, 0.4) is 0 Å². The van der Waals surface area contributed by atoms with E-state index in [0.29, 0.717) is 22.3 Å². The molecule has 0 saturated carbocycles. The van der Waals surface area contributed by atoms with Crippen molar-refractivity contribution in [3.05, 3.63) is 45.5 Å². The number of benzene rings is 1. The molecule has 2 rings (SSSR count). The van der Waals surface area contributed by atoms with Crippen molar-refractivity contribution in [2.24, 2.45) is 0 Å². The number of pyridine rings is 1. The second-order valence-electron chi connectivity index (χ2n) is 3.50. The van der Waals surface area contributed by atoms with Gasteiger partial charge in [-0.25, -0.2) is 4.98 Å². The average Bonchev–Trinajstić information content (AvgIpc) is 2.27. The van der Waals surface area contributed by atoms with E-state index in [0.717, 1.165) is 10.2 Å². The number of nitrogen functional groups attached to an aromatic ring is 1. The summed E-state index contributed by atoms with van der Waals surface area (Å²) in [6.45, 7) is 1.83. The lowest BCUT2D eigenvalue weighted by Gasteiger charge is -2.08. The van der Waals surface area contributed by atoms with Crippen molar-refractivity contribution in [2.45, 2.75) is 6.92 Å². The van der Waals surface area contributed by atoms with Crippen LogP contribution in [0.4, 0.5) is 5.69 Å². The maximum Gasteiger partial charge on any atom is 0.219 e. The van der Waals surface area contributed by atoms with Gasteiger partial charge >= 0.3 is 0 Å². The summed E-state index contributed by atoms with van der Waals surface area (Å²) in [5, 5.41) is 0.644. The third-order valence-electron chi connectivity index (χ3n) is 2.21. The molecule has 2 N–H and O–H groups in total. The SMILES string of the molecule is Cc1nc(Oc2ccc(Cl)cc2Br)ccc1N. The van der Waals surface area contributed by atoms with Crippen molar-refractivity contribution < 1.29 is 4.74 Å². The Bertz CT molecular complexity index is 560. The fourth-order valence-electron chi connectivity index (χ4n) is 1.28. The Morgan fingerprint density at radius 2 is 2.06 bits per heavy atom. The van der Waals surface area contributed by atoms with Gasteiger partial charge in [-0.2, -0.15) is 0 Å². The Morgan fingerprint density at radius 1 is 1.29 bits per heavy atom. The summed E-state index contributed by atoms with van der Waals surface area (Å²) >= 11 is 9.22. The Labute approximate surface area is 113 Å². The summed E-state index contributed by atoms with van der Waals surface area (Å²) in [6, 6.07) is 8.79. The van der Waals surface area contributed by atoms with Gasteiger partial charge in [0, 0.05) is 11.1 Å². The maximum atomic E-state index is 5.85. The number of halogens is 2. The van der Waals surface area contributed by atoms with Gasteiger partial charge in [0.05, 0.1) is 15.9 Å². The van der Waals surface area contributed by atoms with E-state index in [1.54, 1.807) is 30.3 Å². The summed E-state index contributed by atoms with van der Waals surface area (Å²) in [4.78, 5) is 4.23. The number of rotatable bonds is 2. The van der Waals surface area contributed by atoms with Gasteiger partial charge in [0.25, 0.3) is 0 Å². The van der Waals surface area contributed by atoms with Gasteiger partial charge in [0.1, 0.15) is 5.75 Å². The number of hydrogen-bond donors (Lipinski definition) is 1. The van der Waals surface area contributed by atoms with Gasteiger partial charge in [-0.1, -0.05) is 11.6 Å². The van der Waals surface area contributed by atoms with E-state index >= 15 is 0 Å². The normalized spacial score (nSPS) is 10.3. The molecule has 0 aliphatic heterocycles. The van der Waals surface area contributed by atoms with Crippen molar-refractivity contribution in [2.75, 3.05) is 5.73 Å². The van der Waals surface area contributed by atoms with E-state index < -0.39 is 0 Å². The molecule has 2 aromatic rings. The minimum atomic E-state index is 0.500. The van der Waals surface area contributed by atoms with Gasteiger partial charge in [0.2, 0.25) is 5.88 Å². The van der Waals surface area contributed by atoms with Gasteiger partial charge in [-0.05, 0) is 47.1 Å².